The molecule has 0 bridgehead atoms. The van der Waals surface area contributed by atoms with E-state index in [1.807, 2.05) is 0 Å². The van der Waals surface area contributed by atoms with Crippen LogP contribution in [-0.2, 0) is 23.9 Å². The molecule has 160 valence electrons. The molecular weight excluding hydrogens is 368 g/mol. The normalized spacial score (nSPS) is 18.4. The van der Waals surface area contributed by atoms with Crippen molar-refractivity contribution < 1.29 is 33.8 Å². The van der Waals surface area contributed by atoms with Gasteiger partial charge >= 0.3 is 18.0 Å². The number of carboxylic acids is 1. The van der Waals surface area contributed by atoms with Crippen LogP contribution in [0.25, 0.3) is 0 Å². The average Bonchev–Trinajstić information content (AvgIpc) is 2.97. The van der Waals surface area contributed by atoms with E-state index >= 15 is 0 Å². The lowest BCUT2D eigenvalue weighted by molar-refractivity contribution is -0.155. The van der Waals surface area contributed by atoms with Gasteiger partial charge in [0.05, 0.1) is 0 Å². The van der Waals surface area contributed by atoms with Crippen molar-refractivity contribution in [3.63, 3.8) is 0 Å². The maximum absolute atomic E-state index is 12.6. The van der Waals surface area contributed by atoms with E-state index in [0.717, 1.165) is 0 Å². The van der Waals surface area contributed by atoms with Gasteiger partial charge in [0.25, 0.3) is 0 Å². The Kier molecular flexibility index (Phi) is 7.84. The van der Waals surface area contributed by atoms with Crippen LogP contribution in [-0.4, -0.2) is 63.8 Å². The maximum atomic E-state index is 12.6. The third kappa shape index (κ3) is 8.14. The molecule has 0 aromatic rings. The molecule has 0 radical (unpaired) electrons. The number of ether oxygens (including phenoxy) is 2. The molecule has 2 atom stereocenters. The molecule has 0 aliphatic carbocycles. The molecule has 0 aromatic heterocycles. The van der Waals surface area contributed by atoms with Crippen molar-refractivity contribution in [2.75, 3.05) is 6.54 Å². The summed E-state index contributed by atoms with van der Waals surface area (Å²) in [4.78, 5) is 49.5. The average molecular weight is 400 g/mol. The van der Waals surface area contributed by atoms with Gasteiger partial charge < -0.3 is 19.9 Å². The molecule has 1 aliphatic heterocycles. The first-order chi connectivity index (χ1) is 12.7. The van der Waals surface area contributed by atoms with E-state index in [1.54, 1.807) is 41.5 Å². The fourth-order valence-electron chi connectivity index (χ4n) is 2.76. The van der Waals surface area contributed by atoms with Crippen LogP contribution in [0.5, 0.6) is 0 Å². The zero-order valence-corrected chi connectivity index (χ0v) is 17.5. The van der Waals surface area contributed by atoms with Gasteiger partial charge in [0, 0.05) is 13.0 Å². The van der Waals surface area contributed by atoms with Crippen molar-refractivity contribution in [2.24, 2.45) is 0 Å². The van der Waals surface area contributed by atoms with Gasteiger partial charge in [-0.25, -0.2) is 9.59 Å². The number of likely N-dealkylation sites (tertiary alicyclic amines) is 1. The number of rotatable bonds is 6. The molecule has 1 aliphatic rings. The molecule has 1 saturated heterocycles. The van der Waals surface area contributed by atoms with E-state index in [9.17, 15) is 24.3 Å². The highest BCUT2D eigenvalue weighted by atomic mass is 16.6. The maximum Gasteiger partial charge on any atom is 0.410 e. The fraction of sp³-hybridized carbons (Fsp3) is 0.789. The Hall–Kier alpha value is -2.32. The predicted molar refractivity (Wildman–Crippen MR) is 101 cm³/mol. The molecule has 9 heteroatoms. The smallest absolute Gasteiger partial charge is 0.410 e. The summed E-state index contributed by atoms with van der Waals surface area (Å²) in [7, 11) is 0. The molecule has 0 spiro atoms. The number of nitrogens with one attached hydrogen (secondary N) is 1. The van der Waals surface area contributed by atoms with E-state index < -0.39 is 47.2 Å². The monoisotopic (exact) mass is 400 g/mol. The highest BCUT2D eigenvalue weighted by Crippen LogP contribution is 2.21. The van der Waals surface area contributed by atoms with Gasteiger partial charge in [-0.15, -0.1) is 0 Å². The number of carbonyl (C=O) groups is 4. The number of hydrogen-bond acceptors (Lipinski definition) is 6. The lowest BCUT2D eigenvalue weighted by atomic mass is 10.1. The van der Waals surface area contributed by atoms with Gasteiger partial charge in [-0.1, -0.05) is 0 Å². The van der Waals surface area contributed by atoms with E-state index in [2.05, 4.69) is 5.32 Å². The van der Waals surface area contributed by atoms with Crippen LogP contribution in [0.3, 0.4) is 0 Å². The quantitative estimate of drug-likeness (QED) is 0.654. The largest absolute Gasteiger partial charge is 0.480 e. The van der Waals surface area contributed by atoms with Crippen LogP contribution in [0.2, 0.25) is 0 Å². The first-order valence-corrected chi connectivity index (χ1v) is 9.44. The lowest BCUT2D eigenvalue weighted by Gasteiger charge is -2.28. The number of amides is 2. The third-order valence-corrected chi connectivity index (χ3v) is 3.86. The second-order valence-electron chi connectivity index (χ2n) is 8.86. The second-order valence-corrected chi connectivity index (χ2v) is 8.86. The summed E-state index contributed by atoms with van der Waals surface area (Å²) in [6.45, 7) is 10.7. The van der Waals surface area contributed by atoms with Crippen LogP contribution < -0.4 is 5.32 Å². The summed E-state index contributed by atoms with van der Waals surface area (Å²) >= 11 is 0. The number of nitrogens with zero attached hydrogens (tertiary/aromatic N) is 1. The summed E-state index contributed by atoms with van der Waals surface area (Å²) in [6.07, 6.45) is 0.186. The molecular formula is C19H32N2O7. The molecule has 1 rings (SSSR count). The van der Waals surface area contributed by atoms with Gasteiger partial charge in [0.15, 0.2) is 0 Å². The van der Waals surface area contributed by atoms with Crippen LogP contribution >= 0.6 is 0 Å². The Bertz CT molecular complexity index is 604. The predicted octanol–water partition coefficient (Wildman–Crippen LogP) is 2.08. The highest BCUT2D eigenvalue weighted by Gasteiger charge is 2.38. The lowest BCUT2D eigenvalue weighted by Crippen LogP contribution is -2.51. The van der Waals surface area contributed by atoms with E-state index in [-0.39, 0.29) is 12.8 Å². The van der Waals surface area contributed by atoms with Gasteiger partial charge in [-0.3, -0.25) is 14.5 Å². The minimum Gasteiger partial charge on any atom is -0.480 e. The van der Waals surface area contributed by atoms with Crippen molar-refractivity contribution in [3.8, 4) is 0 Å². The first-order valence-electron chi connectivity index (χ1n) is 9.44. The molecule has 2 amide bonds. The first kappa shape index (κ1) is 23.7. The topological polar surface area (TPSA) is 122 Å². The number of carboxylic acid groups (broad SMARTS) is 1. The van der Waals surface area contributed by atoms with Gasteiger partial charge in [0.2, 0.25) is 5.91 Å². The zero-order valence-electron chi connectivity index (χ0n) is 17.5. The van der Waals surface area contributed by atoms with Crippen molar-refractivity contribution in [2.45, 2.75) is 90.5 Å². The summed E-state index contributed by atoms with van der Waals surface area (Å²) in [5, 5.41) is 11.8. The van der Waals surface area contributed by atoms with Crippen molar-refractivity contribution in [1.29, 1.82) is 0 Å². The molecule has 2 N–H and O–H groups in total. The Morgan fingerprint density at radius 3 is 2.14 bits per heavy atom. The number of hydrogen-bond donors (Lipinski definition) is 2. The Labute approximate surface area is 165 Å². The molecule has 0 saturated carbocycles. The van der Waals surface area contributed by atoms with Crippen molar-refractivity contribution >= 4 is 23.9 Å². The van der Waals surface area contributed by atoms with E-state index in [1.165, 1.54) is 4.90 Å². The van der Waals surface area contributed by atoms with Gasteiger partial charge in [-0.2, -0.15) is 0 Å². The molecule has 1 fully saturated rings. The van der Waals surface area contributed by atoms with Crippen LogP contribution in [0.15, 0.2) is 0 Å². The van der Waals surface area contributed by atoms with Crippen molar-refractivity contribution in [1.82, 2.24) is 10.2 Å². The zero-order chi connectivity index (χ0) is 21.7. The second kappa shape index (κ2) is 9.25. The molecule has 1 heterocycles. The van der Waals surface area contributed by atoms with Crippen LogP contribution in [0, 0.1) is 0 Å². The van der Waals surface area contributed by atoms with Crippen LogP contribution in [0.4, 0.5) is 4.79 Å². The Morgan fingerprint density at radius 1 is 1.07 bits per heavy atom. The summed E-state index contributed by atoms with van der Waals surface area (Å²) < 4.78 is 10.5. The summed E-state index contributed by atoms with van der Waals surface area (Å²) in [5.41, 5.74) is -1.37. The molecule has 28 heavy (non-hydrogen) atoms. The van der Waals surface area contributed by atoms with Gasteiger partial charge in [-0.05, 0) is 60.8 Å². The summed E-state index contributed by atoms with van der Waals surface area (Å²) in [6, 6.07) is -2.04. The highest BCUT2D eigenvalue weighted by molar-refractivity contribution is 5.89. The van der Waals surface area contributed by atoms with Gasteiger partial charge in [0.1, 0.15) is 23.3 Å². The molecule has 0 aromatic carbocycles. The van der Waals surface area contributed by atoms with Crippen LogP contribution in [0.1, 0.15) is 67.2 Å². The van der Waals surface area contributed by atoms with Crippen molar-refractivity contribution in [3.05, 3.63) is 0 Å². The minimum absolute atomic E-state index is 0.102. The number of carbonyl (C=O) groups excluding carboxylic acids is 3. The molecule has 0 unspecified atom stereocenters. The number of esters is 1. The third-order valence-electron chi connectivity index (χ3n) is 3.86. The Balaban J connectivity index is 2.69. The Morgan fingerprint density at radius 2 is 1.64 bits per heavy atom. The minimum atomic E-state index is -1.25. The SMILES string of the molecule is CC(C)(C)OC(=O)CC[C@H](NC(=O)[C@@H]1CCCN1C(=O)OC(C)(C)C)C(=O)O. The van der Waals surface area contributed by atoms with E-state index in [4.69, 9.17) is 9.47 Å². The summed E-state index contributed by atoms with van der Waals surface area (Å²) in [5.74, 6) is -2.36. The number of aliphatic carboxylic acids is 1. The fourth-order valence-corrected chi connectivity index (χ4v) is 2.76. The molecule has 9 nitrogen and oxygen atoms in total. The standard InChI is InChI=1S/C19H32N2O7/c1-18(2,3)27-14(22)10-9-12(16(24)25)20-15(23)13-8-7-11-21(13)17(26)28-19(4,5)6/h12-13H,7-11H2,1-6H3,(H,20,23)(H,24,25)/t12-,13-/m0/s1. The van der Waals surface area contributed by atoms with E-state index in [0.29, 0.717) is 19.4 Å².